The molecule has 0 aliphatic heterocycles. The molecule has 0 atom stereocenters. The molecule has 4 nitrogen and oxygen atoms in total. The fourth-order valence-electron chi connectivity index (χ4n) is 1.47. The Kier molecular flexibility index (Phi) is 3.48. The van der Waals surface area contributed by atoms with Crippen LogP contribution in [0.4, 0.5) is 0 Å². The standard InChI is InChI=1S/C13H12ClN3O/c1-8-6-10(14)2-3-11(8)18-12-7-9(13(15)16)4-5-17-12/h2-7H,1H3,(H3,15,16). The lowest BCUT2D eigenvalue weighted by molar-refractivity contribution is 0.459. The van der Waals surface area contributed by atoms with Gasteiger partial charge in [-0.15, -0.1) is 0 Å². The molecule has 3 N–H and O–H groups in total. The van der Waals surface area contributed by atoms with Gasteiger partial charge in [0.25, 0.3) is 0 Å². The highest BCUT2D eigenvalue weighted by Gasteiger charge is 2.05. The van der Waals surface area contributed by atoms with E-state index in [0.29, 0.717) is 22.2 Å². The summed E-state index contributed by atoms with van der Waals surface area (Å²) in [6.07, 6.45) is 1.55. The van der Waals surface area contributed by atoms with Crippen molar-refractivity contribution in [3.63, 3.8) is 0 Å². The Hall–Kier alpha value is -2.07. The number of aromatic nitrogens is 1. The third kappa shape index (κ3) is 2.78. The van der Waals surface area contributed by atoms with E-state index in [2.05, 4.69) is 4.98 Å². The summed E-state index contributed by atoms with van der Waals surface area (Å²) in [5.41, 5.74) is 6.90. The molecule has 18 heavy (non-hydrogen) atoms. The molecule has 2 rings (SSSR count). The molecule has 5 heteroatoms. The van der Waals surface area contributed by atoms with E-state index in [-0.39, 0.29) is 5.84 Å². The summed E-state index contributed by atoms with van der Waals surface area (Å²) in [5.74, 6) is 1.05. The van der Waals surface area contributed by atoms with E-state index in [0.717, 1.165) is 5.56 Å². The third-order valence-corrected chi connectivity index (χ3v) is 2.63. The number of nitrogen functional groups attached to an aromatic ring is 1. The van der Waals surface area contributed by atoms with E-state index in [1.165, 1.54) is 0 Å². The second-order valence-corrected chi connectivity index (χ2v) is 4.24. The molecule has 1 aromatic heterocycles. The summed E-state index contributed by atoms with van der Waals surface area (Å²) in [5, 5.41) is 8.02. The molecule has 0 fully saturated rings. The van der Waals surface area contributed by atoms with Crippen molar-refractivity contribution in [2.75, 3.05) is 0 Å². The number of nitrogens with zero attached hydrogens (tertiary/aromatic N) is 1. The van der Waals surface area contributed by atoms with Gasteiger partial charge in [0.2, 0.25) is 5.88 Å². The van der Waals surface area contributed by atoms with Gasteiger partial charge >= 0.3 is 0 Å². The van der Waals surface area contributed by atoms with Crippen molar-refractivity contribution in [1.82, 2.24) is 4.98 Å². The van der Waals surface area contributed by atoms with Gasteiger partial charge in [0.1, 0.15) is 11.6 Å². The van der Waals surface area contributed by atoms with Crippen molar-refractivity contribution in [3.8, 4) is 11.6 Å². The first-order valence-electron chi connectivity index (χ1n) is 5.31. The van der Waals surface area contributed by atoms with Crippen LogP contribution in [0.3, 0.4) is 0 Å². The van der Waals surface area contributed by atoms with Crippen LogP contribution in [0.1, 0.15) is 11.1 Å². The lowest BCUT2D eigenvalue weighted by Crippen LogP contribution is -2.11. The summed E-state index contributed by atoms with van der Waals surface area (Å²) in [4.78, 5) is 4.07. The minimum Gasteiger partial charge on any atom is -0.439 e. The average molecular weight is 262 g/mol. The topological polar surface area (TPSA) is 72.0 Å². The molecule has 0 bridgehead atoms. The number of aryl methyl sites for hydroxylation is 1. The summed E-state index contributed by atoms with van der Waals surface area (Å²) in [6, 6.07) is 8.62. The molecule has 92 valence electrons. The highest BCUT2D eigenvalue weighted by atomic mass is 35.5. The molecule has 1 aromatic carbocycles. The number of rotatable bonds is 3. The molecule has 0 saturated heterocycles. The molecular formula is C13H12ClN3O. The van der Waals surface area contributed by atoms with E-state index in [9.17, 15) is 0 Å². The maximum Gasteiger partial charge on any atom is 0.219 e. The van der Waals surface area contributed by atoms with Crippen molar-refractivity contribution in [2.45, 2.75) is 6.92 Å². The zero-order valence-electron chi connectivity index (χ0n) is 9.77. The van der Waals surface area contributed by atoms with Gasteiger partial charge in [-0.1, -0.05) is 11.6 Å². The molecule has 1 heterocycles. The zero-order valence-corrected chi connectivity index (χ0v) is 10.5. The van der Waals surface area contributed by atoms with Gasteiger partial charge in [-0.3, -0.25) is 5.41 Å². The Labute approximate surface area is 110 Å². The third-order valence-electron chi connectivity index (χ3n) is 2.40. The Bertz CT molecular complexity index is 599. The predicted octanol–water partition coefficient (Wildman–Crippen LogP) is 3.12. The Morgan fingerprint density at radius 2 is 2.11 bits per heavy atom. The molecule has 0 unspecified atom stereocenters. The van der Waals surface area contributed by atoms with Crippen molar-refractivity contribution in [2.24, 2.45) is 5.73 Å². The predicted molar refractivity (Wildman–Crippen MR) is 71.5 cm³/mol. The highest BCUT2D eigenvalue weighted by Crippen LogP contribution is 2.26. The molecule has 0 aliphatic rings. The second kappa shape index (κ2) is 5.06. The average Bonchev–Trinajstić information content (AvgIpc) is 2.33. The SMILES string of the molecule is Cc1cc(Cl)ccc1Oc1cc(C(=N)N)ccn1. The van der Waals surface area contributed by atoms with Crippen molar-refractivity contribution < 1.29 is 4.74 Å². The molecule has 0 aliphatic carbocycles. The molecule has 0 amide bonds. The van der Waals surface area contributed by atoms with Gasteiger partial charge in [-0.05, 0) is 36.8 Å². The first kappa shape index (κ1) is 12.4. The second-order valence-electron chi connectivity index (χ2n) is 3.81. The van der Waals surface area contributed by atoms with Crippen molar-refractivity contribution >= 4 is 17.4 Å². The van der Waals surface area contributed by atoms with Crippen LogP contribution in [0.25, 0.3) is 0 Å². The minimum atomic E-state index is -0.0184. The quantitative estimate of drug-likeness (QED) is 0.659. The number of hydrogen-bond acceptors (Lipinski definition) is 3. The van der Waals surface area contributed by atoms with Crippen LogP contribution in [0, 0.1) is 12.3 Å². The molecule has 0 radical (unpaired) electrons. The van der Waals surface area contributed by atoms with Gasteiger partial charge in [0, 0.05) is 22.8 Å². The maximum absolute atomic E-state index is 7.36. The number of amidine groups is 1. The van der Waals surface area contributed by atoms with Crippen LogP contribution in [-0.4, -0.2) is 10.8 Å². The van der Waals surface area contributed by atoms with E-state index in [1.807, 2.05) is 13.0 Å². The van der Waals surface area contributed by atoms with Gasteiger partial charge in [-0.2, -0.15) is 0 Å². The summed E-state index contributed by atoms with van der Waals surface area (Å²) < 4.78 is 5.63. The number of pyridine rings is 1. The number of benzene rings is 1. The Morgan fingerprint density at radius 3 is 2.78 bits per heavy atom. The lowest BCUT2D eigenvalue weighted by atomic mass is 10.2. The first-order valence-corrected chi connectivity index (χ1v) is 5.68. The number of halogens is 1. The van der Waals surface area contributed by atoms with Gasteiger partial charge in [0.05, 0.1) is 0 Å². The number of hydrogen-bond donors (Lipinski definition) is 2. The fourth-order valence-corrected chi connectivity index (χ4v) is 1.70. The van der Waals surface area contributed by atoms with E-state index >= 15 is 0 Å². The van der Waals surface area contributed by atoms with E-state index in [4.69, 9.17) is 27.5 Å². The number of nitrogens with two attached hydrogens (primary N) is 1. The van der Waals surface area contributed by atoms with Gasteiger partial charge in [-0.25, -0.2) is 4.98 Å². The molecular weight excluding hydrogens is 250 g/mol. The fraction of sp³-hybridized carbons (Fsp3) is 0.0769. The summed E-state index contributed by atoms with van der Waals surface area (Å²) in [6.45, 7) is 1.90. The smallest absolute Gasteiger partial charge is 0.219 e. The number of ether oxygens (including phenoxy) is 1. The van der Waals surface area contributed by atoms with Crippen LogP contribution >= 0.6 is 11.6 Å². The largest absolute Gasteiger partial charge is 0.439 e. The zero-order chi connectivity index (χ0) is 13.1. The van der Waals surface area contributed by atoms with Crippen LogP contribution in [0.2, 0.25) is 5.02 Å². The summed E-state index contributed by atoms with van der Waals surface area (Å²) >= 11 is 5.87. The van der Waals surface area contributed by atoms with Crippen molar-refractivity contribution in [3.05, 3.63) is 52.7 Å². The number of nitrogens with one attached hydrogen (secondary N) is 1. The highest BCUT2D eigenvalue weighted by molar-refractivity contribution is 6.30. The summed E-state index contributed by atoms with van der Waals surface area (Å²) in [7, 11) is 0. The van der Waals surface area contributed by atoms with Crippen LogP contribution in [-0.2, 0) is 0 Å². The lowest BCUT2D eigenvalue weighted by Gasteiger charge is -2.08. The normalized spacial score (nSPS) is 10.1. The first-order chi connectivity index (χ1) is 8.56. The van der Waals surface area contributed by atoms with Crippen LogP contribution < -0.4 is 10.5 Å². The molecule has 0 saturated carbocycles. The van der Waals surface area contributed by atoms with Crippen LogP contribution in [0.15, 0.2) is 36.5 Å². The van der Waals surface area contributed by atoms with Gasteiger partial charge < -0.3 is 10.5 Å². The van der Waals surface area contributed by atoms with Gasteiger partial charge in [0.15, 0.2) is 0 Å². The maximum atomic E-state index is 7.36. The van der Waals surface area contributed by atoms with E-state index < -0.39 is 0 Å². The minimum absolute atomic E-state index is 0.0184. The molecule has 0 spiro atoms. The monoisotopic (exact) mass is 261 g/mol. The van der Waals surface area contributed by atoms with Crippen LogP contribution in [0.5, 0.6) is 11.6 Å². The Morgan fingerprint density at radius 1 is 1.33 bits per heavy atom. The molecule has 2 aromatic rings. The Balaban J connectivity index is 2.28. The van der Waals surface area contributed by atoms with E-state index in [1.54, 1.807) is 30.5 Å². The van der Waals surface area contributed by atoms with Crippen molar-refractivity contribution in [1.29, 1.82) is 5.41 Å².